The van der Waals surface area contributed by atoms with Gasteiger partial charge in [-0.3, -0.25) is 4.79 Å². The number of hydrogen-bond donors (Lipinski definition) is 2. The van der Waals surface area contributed by atoms with Gasteiger partial charge in [0.15, 0.2) is 9.84 Å². The number of benzene rings is 1. The molecule has 1 aliphatic rings. The van der Waals surface area contributed by atoms with Crippen LogP contribution in [0.2, 0.25) is 0 Å². The fraction of sp³-hybridized carbons (Fsp3) is 0.364. The van der Waals surface area contributed by atoms with E-state index in [9.17, 15) is 13.2 Å². The number of rotatable bonds is 3. The minimum atomic E-state index is -3.28. The number of amides is 1. The first kappa shape index (κ1) is 11.9. The maximum Gasteiger partial charge on any atom is 0.239 e. The molecule has 0 spiro atoms. The number of nitrogens with one attached hydrogen (secondary N) is 2. The maximum atomic E-state index is 11.4. The van der Waals surface area contributed by atoms with Crippen molar-refractivity contribution in [3.05, 3.63) is 23.8 Å². The van der Waals surface area contributed by atoms with Crippen molar-refractivity contribution in [3.8, 4) is 0 Å². The zero-order valence-corrected chi connectivity index (χ0v) is 10.3. The summed E-state index contributed by atoms with van der Waals surface area (Å²) in [6.45, 7) is 0.899. The molecule has 0 unspecified atom stereocenters. The minimum absolute atomic E-state index is 0.484. The van der Waals surface area contributed by atoms with Gasteiger partial charge in [0.2, 0.25) is 5.91 Å². The second-order valence-corrected chi connectivity index (χ2v) is 6.31. The molecule has 6 heteroatoms. The van der Waals surface area contributed by atoms with Crippen molar-refractivity contribution < 1.29 is 13.2 Å². The van der Waals surface area contributed by atoms with E-state index in [2.05, 4.69) is 10.6 Å². The Hall–Kier alpha value is -1.56. The Morgan fingerprint density at radius 1 is 1.47 bits per heavy atom. The summed E-state index contributed by atoms with van der Waals surface area (Å²) in [6.07, 6.45) is 1.96. The molecule has 0 atom stereocenters. The summed E-state index contributed by atoms with van der Waals surface area (Å²) >= 11 is 0. The van der Waals surface area contributed by atoms with E-state index in [-0.39, 0.29) is 0 Å². The Labute approximate surface area is 100 Å². The first-order valence-electron chi connectivity index (χ1n) is 5.28. The lowest BCUT2D eigenvalue weighted by Crippen LogP contribution is -2.21. The van der Waals surface area contributed by atoms with Gasteiger partial charge in [0.25, 0.3) is 0 Å². The lowest BCUT2D eigenvalue weighted by molar-refractivity contribution is -0.113. The number of carbonyl (C=O) groups excluding carboxylic acids is 1. The Kier molecular flexibility index (Phi) is 3.06. The van der Waals surface area contributed by atoms with Gasteiger partial charge >= 0.3 is 0 Å². The molecule has 92 valence electrons. The molecule has 2 N–H and O–H groups in total. The highest BCUT2D eigenvalue weighted by Crippen LogP contribution is 2.25. The molecule has 0 radical (unpaired) electrons. The van der Waals surface area contributed by atoms with Crippen molar-refractivity contribution in [2.75, 3.05) is 29.2 Å². The van der Waals surface area contributed by atoms with E-state index in [0.717, 1.165) is 30.5 Å². The van der Waals surface area contributed by atoms with Gasteiger partial charge in [-0.2, -0.15) is 0 Å². The van der Waals surface area contributed by atoms with E-state index in [1.54, 1.807) is 6.07 Å². The molecule has 1 aromatic rings. The fourth-order valence-corrected chi connectivity index (χ4v) is 2.37. The highest BCUT2D eigenvalue weighted by atomic mass is 32.2. The zero-order valence-electron chi connectivity index (χ0n) is 9.49. The standard InChI is InChI=1S/C11H14N2O3S/c1-17(15,16)7-11(14)13-9-2-3-10-8(6-9)4-5-12-10/h2-3,6,12H,4-5,7H2,1H3,(H,13,14). The van der Waals surface area contributed by atoms with Crippen molar-refractivity contribution in [2.24, 2.45) is 0 Å². The van der Waals surface area contributed by atoms with Crippen LogP contribution < -0.4 is 10.6 Å². The van der Waals surface area contributed by atoms with Crippen LogP contribution in [-0.2, 0) is 21.1 Å². The van der Waals surface area contributed by atoms with Crippen LogP contribution in [0.3, 0.4) is 0 Å². The first-order valence-corrected chi connectivity index (χ1v) is 7.34. The van der Waals surface area contributed by atoms with E-state index in [1.165, 1.54) is 0 Å². The largest absolute Gasteiger partial charge is 0.384 e. The maximum absolute atomic E-state index is 11.4. The predicted octanol–water partition coefficient (Wildman–Crippen LogP) is 0.638. The number of fused-ring (bicyclic) bond motifs is 1. The molecule has 1 aromatic carbocycles. The van der Waals surface area contributed by atoms with Crippen molar-refractivity contribution in [1.82, 2.24) is 0 Å². The SMILES string of the molecule is CS(=O)(=O)CC(=O)Nc1ccc2c(c1)CCN2. The molecular formula is C11H14N2O3S. The van der Waals surface area contributed by atoms with E-state index in [4.69, 9.17) is 0 Å². The number of sulfone groups is 1. The van der Waals surface area contributed by atoms with Crippen molar-refractivity contribution in [1.29, 1.82) is 0 Å². The molecule has 0 saturated heterocycles. The Morgan fingerprint density at radius 3 is 2.94 bits per heavy atom. The predicted molar refractivity (Wildman–Crippen MR) is 67.0 cm³/mol. The molecule has 0 saturated carbocycles. The Bertz CT molecular complexity index is 552. The second-order valence-electron chi connectivity index (χ2n) is 4.17. The van der Waals surface area contributed by atoms with E-state index in [1.807, 2.05) is 12.1 Å². The van der Waals surface area contributed by atoms with Crippen LogP contribution in [0.25, 0.3) is 0 Å². The highest BCUT2D eigenvalue weighted by Gasteiger charge is 2.13. The van der Waals surface area contributed by atoms with Crippen LogP contribution >= 0.6 is 0 Å². The van der Waals surface area contributed by atoms with Crippen LogP contribution in [0.15, 0.2) is 18.2 Å². The summed E-state index contributed by atoms with van der Waals surface area (Å²) < 4.78 is 21.9. The molecule has 0 aromatic heterocycles. The summed E-state index contributed by atoms with van der Waals surface area (Å²) in [5, 5.41) is 5.79. The van der Waals surface area contributed by atoms with Crippen molar-refractivity contribution in [3.63, 3.8) is 0 Å². The van der Waals surface area contributed by atoms with E-state index < -0.39 is 21.5 Å². The molecule has 2 rings (SSSR count). The highest BCUT2D eigenvalue weighted by molar-refractivity contribution is 7.91. The number of carbonyl (C=O) groups is 1. The van der Waals surface area contributed by atoms with Gasteiger partial charge in [-0.1, -0.05) is 0 Å². The summed E-state index contributed by atoms with van der Waals surface area (Å²) in [7, 11) is -3.28. The summed E-state index contributed by atoms with van der Waals surface area (Å²) in [5.74, 6) is -0.985. The van der Waals surface area contributed by atoms with Gasteiger partial charge in [-0.15, -0.1) is 0 Å². The van der Waals surface area contributed by atoms with Gasteiger partial charge in [0.05, 0.1) is 0 Å². The monoisotopic (exact) mass is 254 g/mol. The average molecular weight is 254 g/mol. The molecule has 1 heterocycles. The fourth-order valence-electron chi connectivity index (χ4n) is 1.82. The first-order chi connectivity index (χ1) is 7.94. The third-order valence-corrected chi connectivity index (χ3v) is 3.28. The van der Waals surface area contributed by atoms with Gasteiger partial charge < -0.3 is 10.6 Å². The van der Waals surface area contributed by atoms with Crippen molar-refractivity contribution >= 4 is 27.1 Å². The van der Waals surface area contributed by atoms with Crippen LogP contribution in [0.1, 0.15) is 5.56 Å². The van der Waals surface area contributed by atoms with Gasteiger partial charge in [0.1, 0.15) is 5.75 Å². The van der Waals surface area contributed by atoms with Gasteiger partial charge in [-0.25, -0.2) is 8.42 Å². The van der Waals surface area contributed by atoms with Crippen molar-refractivity contribution in [2.45, 2.75) is 6.42 Å². The normalized spacial score (nSPS) is 13.9. The molecule has 0 aliphatic carbocycles. The topological polar surface area (TPSA) is 75.3 Å². The Balaban J connectivity index is 2.07. The van der Waals surface area contributed by atoms with E-state index >= 15 is 0 Å². The second kappa shape index (κ2) is 4.37. The zero-order chi connectivity index (χ0) is 12.5. The molecule has 1 aliphatic heterocycles. The number of anilines is 2. The van der Waals surface area contributed by atoms with E-state index in [0.29, 0.717) is 5.69 Å². The molecular weight excluding hydrogens is 240 g/mol. The van der Waals surface area contributed by atoms with Crippen LogP contribution in [-0.4, -0.2) is 32.9 Å². The lowest BCUT2D eigenvalue weighted by atomic mass is 10.1. The summed E-state index contributed by atoms with van der Waals surface area (Å²) in [6, 6.07) is 5.52. The van der Waals surface area contributed by atoms with Gasteiger partial charge in [-0.05, 0) is 30.2 Å². The molecule has 17 heavy (non-hydrogen) atoms. The molecule has 1 amide bonds. The summed E-state index contributed by atoms with van der Waals surface area (Å²) in [4.78, 5) is 11.4. The number of hydrogen-bond acceptors (Lipinski definition) is 4. The van der Waals surface area contributed by atoms with Crippen LogP contribution in [0, 0.1) is 0 Å². The van der Waals surface area contributed by atoms with Crippen LogP contribution in [0.5, 0.6) is 0 Å². The van der Waals surface area contributed by atoms with Gasteiger partial charge in [0, 0.05) is 24.2 Å². The lowest BCUT2D eigenvalue weighted by Gasteiger charge is -2.06. The third-order valence-electron chi connectivity index (χ3n) is 2.49. The smallest absolute Gasteiger partial charge is 0.239 e. The molecule has 5 nitrogen and oxygen atoms in total. The minimum Gasteiger partial charge on any atom is -0.384 e. The quantitative estimate of drug-likeness (QED) is 0.830. The van der Waals surface area contributed by atoms with Crippen LogP contribution in [0.4, 0.5) is 11.4 Å². The molecule has 0 bridgehead atoms. The summed E-state index contributed by atoms with van der Waals surface area (Å²) in [5.41, 5.74) is 2.86. The molecule has 0 fully saturated rings. The average Bonchev–Trinajstić information content (AvgIpc) is 2.61. The Morgan fingerprint density at radius 2 is 2.24 bits per heavy atom. The third kappa shape index (κ3) is 3.20.